The molecule has 1 aromatic carbocycles. The Morgan fingerprint density at radius 2 is 2.00 bits per heavy atom. The lowest BCUT2D eigenvalue weighted by molar-refractivity contribution is 0.199. The lowest BCUT2D eigenvalue weighted by Gasteiger charge is -2.34. The Kier molecular flexibility index (Phi) is 4.88. The van der Waals surface area contributed by atoms with Gasteiger partial charge in [-0.2, -0.15) is 0 Å². The Labute approximate surface area is 126 Å². The average Bonchev–Trinajstić information content (AvgIpc) is 2.41. The van der Waals surface area contributed by atoms with Gasteiger partial charge in [0.25, 0.3) is 0 Å². The minimum Gasteiger partial charge on any atom is -0.389 e. The maximum absolute atomic E-state index is 12.0. The lowest BCUT2D eigenvalue weighted by atomic mass is 9.76. The molecule has 2 rings (SSSR count). The summed E-state index contributed by atoms with van der Waals surface area (Å²) in [6, 6.07) is 7.40. The molecule has 0 aromatic heterocycles. The normalized spacial score (nSPS) is 19.8. The van der Waals surface area contributed by atoms with Crippen LogP contribution in [0.4, 0.5) is 10.5 Å². The van der Waals surface area contributed by atoms with Gasteiger partial charge in [-0.3, -0.25) is 0 Å². The lowest BCUT2D eigenvalue weighted by Crippen LogP contribution is -2.41. The molecule has 4 nitrogen and oxygen atoms in total. The zero-order valence-electron chi connectivity index (χ0n) is 13.1. The van der Waals surface area contributed by atoms with E-state index in [4.69, 9.17) is 0 Å². The van der Waals surface area contributed by atoms with Gasteiger partial charge in [0.05, 0.1) is 6.10 Å². The van der Waals surface area contributed by atoms with Crippen molar-refractivity contribution in [2.75, 3.05) is 5.32 Å². The number of carbonyl (C=O) groups excluding carboxylic acids is 1. The molecule has 0 heterocycles. The molecule has 3 N–H and O–H groups in total. The molecule has 1 unspecified atom stereocenters. The van der Waals surface area contributed by atoms with Crippen molar-refractivity contribution in [1.82, 2.24) is 5.32 Å². The van der Waals surface area contributed by atoms with Gasteiger partial charge < -0.3 is 15.7 Å². The number of aliphatic hydroxyl groups excluding tert-OH is 1. The van der Waals surface area contributed by atoms with Crippen LogP contribution in [0.2, 0.25) is 0 Å². The van der Waals surface area contributed by atoms with Crippen LogP contribution in [-0.4, -0.2) is 17.2 Å². The van der Waals surface area contributed by atoms with Crippen molar-refractivity contribution < 1.29 is 9.90 Å². The summed E-state index contributed by atoms with van der Waals surface area (Å²) in [6.45, 7) is 6.28. The predicted octanol–water partition coefficient (Wildman–Crippen LogP) is 3.83. The van der Waals surface area contributed by atoms with Crippen molar-refractivity contribution >= 4 is 11.7 Å². The van der Waals surface area contributed by atoms with Crippen LogP contribution in [0.3, 0.4) is 0 Å². The van der Waals surface area contributed by atoms with E-state index in [1.165, 1.54) is 0 Å². The van der Waals surface area contributed by atoms with Gasteiger partial charge in [0.1, 0.15) is 0 Å². The van der Waals surface area contributed by atoms with E-state index in [0.29, 0.717) is 11.1 Å². The molecule has 1 atom stereocenters. The predicted molar refractivity (Wildman–Crippen MR) is 85.3 cm³/mol. The van der Waals surface area contributed by atoms with Crippen molar-refractivity contribution in [3.63, 3.8) is 0 Å². The molecule has 0 bridgehead atoms. The highest BCUT2D eigenvalue weighted by Gasteiger charge is 2.27. The van der Waals surface area contributed by atoms with Crippen molar-refractivity contribution in [2.45, 2.75) is 58.6 Å². The van der Waals surface area contributed by atoms with Gasteiger partial charge in [-0.25, -0.2) is 4.79 Å². The van der Waals surface area contributed by atoms with Crippen molar-refractivity contribution in [1.29, 1.82) is 0 Å². The topological polar surface area (TPSA) is 61.4 Å². The van der Waals surface area contributed by atoms with Crippen LogP contribution < -0.4 is 10.6 Å². The summed E-state index contributed by atoms with van der Waals surface area (Å²) in [7, 11) is 0. The van der Waals surface area contributed by atoms with Gasteiger partial charge >= 0.3 is 6.03 Å². The molecule has 2 amide bonds. The Morgan fingerprint density at radius 1 is 1.33 bits per heavy atom. The molecule has 0 saturated heterocycles. The smallest absolute Gasteiger partial charge is 0.319 e. The van der Waals surface area contributed by atoms with Gasteiger partial charge in [0.15, 0.2) is 0 Å². The van der Waals surface area contributed by atoms with Crippen LogP contribution in [-0.2, 0) is 0 Å². The molecule has 116 valence electrons. The van der Waals surface area contributed by atoms with E-state index in [-0.39, 0.29) is 12.1 Å². The van der Waals surface area contributed by atoms with Gasteiger partial charge in [0, 0.05) is 11.7 Å². The number of amides is 2. The molecule has 0 radical (unpaired) electrons. The third-order valence-corrected chi connectivity index (χ3v) is 4.30. The van der Waals surface area contributed by atoms with Gasteiger partial charge in [-0.1, -0.05) is 26.0 Å². The minimum atomic E-state index is -0.532. The van der Waals surface area contributed by atoms with Crippen LogP contribution in [0.25, 0.3) is 0 Å². The van der Waals surface area contributed by atoms with E-state index < -0.39 is 6.10 Å². The number of benzene rings is 1. The second-order valence-corrected chi connectivity index (χ2v) is 6.84. The summed E-state index contributed by atoms with van der Waals surface area (Å²) in [5.74, 6) is 0. The highest BCUT2D eigenvalue weighted by molar-refractivity contribution is 5.89. The van der Waals surface area contributed by atoms with Gasteiger partial charge in [-0.15, -0.1) is 0 Å². The molecule has 1 aliphatic rings. The molecular formula is C17H26N2O2. The number of carbonyl (C=O) groups is 1. The largest absolute Gasteiger partial charge is 0.389 e. The maximum atomic E-state index is 12.0. The fraction of sp³-hybridized carbons (Fsp3) is 0.588. The fourth-order valence-corrected chi connectivity index (χ4v) is 2.77. The first-order valence-corrected chi connectivity index (χ1v) is 7.71. The van der Waals surface area contributed by atoms with E-state index >= 15 is 0 Å². The number of hydrogen-bond acceptors (Lipinski definition) is 2. The Bertz CT molecular complexity index is 487. The number of hydrogen-bond donors (Lipinski definition) is 3. The first kappa shape index (κ1) is 15.8. The molecular weight excluding hydrogens is 264 g/mol. The standard InChI is InChI=1S/C17H26N2O2/c1-12(20)13-5-4-6-15(11-13)19-16(21)18-14-7-9-17(2,3)10-8-14/h4-6,11-12,14,20H,7-10H2,1-3H3,(H2,18,19,21). The molecule has 21 heavy (non-hydrogen) atoms. The number of rotatable bonds is 3. The first-order valence-electron chi connectivity index (χ1n) is 7.71. The van der Waals surface area contributed by atoms with E-state index in [1.54, 1.807) is 13.0 Å². The molecule has 0 spiro atoms. The van der Waals surface area contributed by atoms with Crippen LogP contribution in [0.1, 0.15) is 58.1 Å². The summed E-state index contributed by atoms with van der Waals surface area (Å²) in [5, 5.41) is 15.4. The van der Waals surface area contributed by atoms with E-state index in [2.05, 4.69) is 24.5 Å². The SMILES string of the molecule is CC(O)c1cccc(NC(=O)NC2CCC(C)(C)CC2)c1. The third kappa shape index (κ3) is 4.74. The second kappa shape index (κ2) is 6.48. The maximum Gasteiger partial charge on any atom is 0.319 e. The van der Waals surface area contributed by atoms with Crippen LogP contribution in [0.15, 0.2) is 24.3 Å². The highest BCUT2D eigenvalue weighted by atomic mass is 16.3. The van der Waals surface area contributed by atoms with E-state index in [1.807, 2.05) is 18.2 Å². The zero-order chi connectivity index (χ0) is 15.5. The second-order valence-electron chi connectivity index (χ2n) is 6.84. The van der Waals surface area contributed by atoms with Crippen molar-refractivity contribution in [2.24, 2.45) is 5.41 Å². The fourth-order valence-electron chi connectivity index (χ4n) is 2.77. The Morgan fingerprint density at radius 3 is 2.62 bits per heavy atom. The molecule has 1 fully saturated rings. The first-order chi connectivity index (χ1) is 9.85. The van der Waals surface area contributed by atoms with Crippen LogP contribution in [0.5, 0.6) is 0 Å². The summed E-state index contributed by atoms with van der Waals surface area (Å²) in [4.78, 5) is 12.0. The van der Waals surface area contributed by atoms with E-state index in [0.717, 1.165) is 31.2 Å². The molecule has 1 saturated carbocycles. The summed E-state index contributed by atoms with van der Waals surface area (Å²) >= 11 is 0. The average molecular weight is 290 g/mol. The van der Waals surface area contributed by atoms with Gasteiger partial charge in [-0.05, 0) is 55.7 Å². The third-order valence-electron chi connectivity index (χ3n) is 4.30. The minimum absolute atomic E-state index is 0.164. The van der Waals surface area contributed by atoms with Crippen LogP contribution >= 0.6 is 0 Å². The Balaban J connectivity index is 1.86. The quantitative estimate of drug-likeness (QED) is 0.792. The summed E-state index contributed by atoms with van der Waals surface area (Å²) < 4.78 is 0. The number of aliphatic hydroxyl groups is 1. The number of urea groups is 1. The number of anilines is 1. The molecule has 1 aliphatic carbocycles. The highest BCUT2D eigenvalue weighted by Crippen LogP contribution is 2.34. The van der Waals surface area contributed by atoms with Crippen molar-refractivity contribution in [3.8, 4) is 0 Å². The monoisotopic (exact) mass is 290 g/mol. The van der Waals surface area contributed by atoms with Gasteiger partial charge in [0.2, 0.25) is 0 Å². The summed E-state index contributed by atoms with van der Waals surface area (Å²) in [6.07, 6.45) is 3.84. The zero-order valence-corrected chi connectivity index (χ0v) is 13.1. The molecule has 4 heteroatoms. The Hall–Kier alpha value is -1.55. The number of nitrogens with one attached hydrogen (secondary N) is 2. The van der Waals surface area contributed by atoms with E-state index in [9.17, 15) is 9.90 Å². The van der Waals surface area contributed by atoms with Crippen LogP contribution in [0, 0.1) is 5.41 Å². The molecule has 1 aromatic rings. The molecule has 0 aliphatic heterocycles. The summed E-state index contributed by atoms with van der Waals surface area (Å²) in [5.41, 5.74) is 1.91. The van der Waals surface area contributed by atoms with Crippen molar-refractivity contribution in [3.05, 3.63) is 29.8 Å².